The van der Waals surface area contributed by atoms with Crippen LogP contribution in [-0.2, 0) is 22.6 Å². The lowest BCUT2D eigenvalue weighted by atomic mass is 9.96. The van der Waals surface area contributed by atoms with Crippen LogP contribution in [0.3, 0.4) is 0 Å². The van der Waals surface area contributed by atoms with Gasteiger partial charge in [0.2, 0.25) is 0 Å². The summed E-state index contributed by atoms with van der Waals surface area (Å²) in [4.78, 5) is 65.4. The second-order valence-corrected chi connectivity index (χ2v) is 13.2. The van der Waals surface area contributed by atoms with E-state index in [-0.39, 0.29) is 46.4 Å². The summed E-state index contributed by atoms with van der Waals surface area (Å²) in [6.07, 6.45) is -0.253. The SMILES string of the molecule is C.CN(C)Cc1[nH]c2c([N+](=O)[O-])cccc2c1C1OC(=O)c2ccc(O)cc21.CN(C)Cc1cc2cccc([N+](=O)[O-])c2[nH]1.COC(=O)c1ccc(O)cc1C=O. The topological polar surface area (TPSA) is 234 Å². The van der Waals surface area contributed by atoms with Crippen molar-refractivity contribution in [3.63, 3.8) is 0 Å². The number of nitrogens with one attached hydrogen (secondary N) is 2. The summed E-state index contributed by atoms with van der Waals surface area (Å²) in [6, 6.07) is 20.2. The second kappa shape index (κ2) is 18.0. The number of hydrogen-bond donors (Lipinski definition) is 4. The Bertz CT molecular complexity index is 2470. The van der Waals surface area contributed by atoms with Crippen LogP contribution in [0.15, 0.2) is 78.9 Å². The number of carbonyl (C=O) groups is 3. The number of fused-ring (bicyclic) bond motifs is 3. The third-order valence-electron chi connectivity index (χ3n) is 8.57. The summed E-state index contributed by atoms with van der Waals surface area (Å²) in [5.74, 6) is -1.11. The Balaban J connectivity index is 0.000000205. The predicted octanol–water partition coefficient (Wildman–Crippen LogP) is 6.87. The fourth-order valence-corrected chi connectivity index (χ4v) is 6.29. The van der Waals surface area contributed by atoms with Crippen molar-refractivity contribution in [2.24, 2.45) is 0 Å². The van der Waals surface area contributed by atoms with Gasteiger partial charge in [-0.05, 0) is 70.7 Å². The van der Waals surface area contributed by atoms with Crippen LogP contribution in [0.4, 0.5) is 11.4 Å². The molecular weight excluding hydrogens is 740 g/mol. The minimum absolute atomic E-state index is 0. The number of ether oxygens (including phenoxy) is 2. The Morgan fingerprint density at radius 2 is 1.47 bits per heavy atom. The molecule has 0 fully saturated rings. The zero-order chi connectivity index (χ0) is 40.8. The monoisotopic (exact) mass is 782 g/mol. The second-order valence-electron chi connectivity index (χ2n) is 13.2. The van der Waals surface area contributed by atoms with Crippen molar-refractivity contribution in [2.75, 3.05) is 35.3 Å². The lowest BCUT2D eigenvalue weighted by molar-refractivity contribution is -0.383. The molecule has 298 valence electrons. The van der Waals surface area contributed by atoms with Crippen molar-refractivity contribution in [1.29, 1.82) is 0 Å². The van der Waals surface area contributed by atoms with Crippen molar-refractivity contribution < 1.29 is 43.9 Å². The maximum Gasteiger partial charge on any atom is 0.339 e. The number of phenolic OH excluding ortho intramolecular Hbond substituents is 2. The van der Waals surface area contributed by atoms with E-state index in [9.17, 15) is 39.7 Å². The Labute approximate surface area is 326 Å². The van der Waals surface area contributed by atoms with Gasteiger partial charge >= 0.3 is 11.9 Å². The van der Waals surface area contributed by atoms with E-state index in [0.29, 0.717) is 45.9 Å². The number of aromatic nitrogens is 2. The molecule has 57 heavy (non-hydrogen) atoms. The molecule has 1 atom stereocenters. The van der Waals surface area contributed by atoms with Gasteiger partial charge in [0.1, 0.15) is 22.5 Å². The van der Waals surface area contributed by atoms with Crippen LogP contribution in [0, 0.1) is 20.2 Å². The first-order valence-corrected chi connectivity index (χ1v) is 16.9. The van der Waals surface area contributed by atoms with Crippen LogP contribution in [0.5, 0.6) is 11.5 Å². The van der Waals surface area contributed by atoms with Gasteiger partial charge in [0.25, 0.3) is 11.4 Å². The lowest BCUT2D eigenvalue weighted by Gasteiger charge is -2.15. The van der Waals surface area contributed by atoms with Crippen molar-refractivity contribution >= 4 is 51.4 Å². The van der Waals surface area contributed by atoms with Crippen molar-refractivity contribution in [1.82, 2.24) is 19.8 Å². The number of benzene rings is 4. The zero-order valence-electron chi connectivity index (χ0n) is 30.9. The normalized spacial score (nSPS) is 12.8. The number of nitro groups is 2. The van der Waals surface area contributed by atoms with Crippen LogP contribution in [0.25, 0.3) is 21.8 Å². The van der Waals surface area contributed by atoms with Gasteiger partial charge in [0, 0.05) is 64.1 Å². The van der Waals surface area contributed by atoms with Gasteiger partial charge in [-0.3, -0.25) is 25.0 Å². The van der Waals surface area contributed by atoms with E-state index < -0.39 is 23.0 Å². The molecule has 0 radical (unpaired) electrons. The molecule has 0 aliphatic carbocycles. The molecule has 0 amide bonds. The number of rotatable bonds is 9. The third kappa shape index (κ3) is 9.41. The number of nitrogens with zero attached hydrogens (tertiary/aromatic N) is 4. The summed E-state index contributed by atoms with van der Waals surface area (Å²) >= 11 is 0. The molecule has 2 aromatic heterocycles. The molecule has 7 rings (SSSR count). The van der Waals surface area contributed by atoms with Crippen LogP contribution in [0.2, 0.25) is 0 Å². The molecule has 0 bridgehead atoms. The van der Waals surface area contributed by atoms with Gasteiger partial charge in [0.15, 0.2) is 12.4 Å². The average Bonchev–Trinajstić information content (AvgIpc) is 3.82. The third-order valence-corrected chi connectivity index (χ3v) is 8.57. The molecule has 0 saturated heterocycles. The first kappa shape index (κ1) is 42.6. The number of aromatic hydroxyl groups is 2. The summed E-state index contributed by atoms with van der Waals surface area (Å²) in [5.41, 5.74) is 4.64. The molecule has 1 aliphatic heterocycles. The highest BCUT2D eigenvalue weighted by Crippen LogP contribution is 2.43. The highest BCUT2D eigenvalue weighted by atomic mass is 16.6. The number of esters is 2. The highest BCUT2D eigenvalue weighted by Gasteiger charge is 2.36. The Morgan fingerprint density at radius 1 is 0.860 bits per heavy atom. The highest BCUT2D eigenvalue weighted by molar-refractivity contribution is 5.99. The molecule has 1 aliphatic rings. The summed E-state index contributed by atoms with van der Waals surface area (Å²) < 4.78 is 10.0. The number of aldehydes is 1. The van der Waals surface area contributed by atoms with Gasteiger partial charge in [-0.1, -0.05) is 31.7 Å². The lowest BCUT2D eigenvalue weighted by Crippen LogP contribution is -2.14. The van der Waals surface area contributed by atoms with Crippen LogP contribution < -0.4 is 0 Å². The Kier molecular flexibility index (Phi) is 13.5. The van der Waals surface area contributed by atoms with E-state index in [2.05, 4.69) is 14.7 Å². The van der Waals surface area contributed by atoms with Crippen molar-refractivity contribution in [3.8, 4) is 11.5 Å². The van der Waals surface area contributed by atoms with Gasteiger partial charge in [0.05, 0.1) is 28.1 Å². The van der Waals surface area contributed by atoms with E-state index in [0.717, 1.165) is 23.3 Å². The fraction of sp³-hybridized carbons (Fsp3) is 0.225. The summed E-state index contributed by atoms with van der Waals surface area (Å²) in [6.45, 7) is 1.22. The zero-order valence-corrected chi connectivity index (χ0v) is 30.9. The molecule has 17 nitrogen and oxygen atoms in total. The molecule has 0 spiro atoms. The number of nitro benzene ring substituents is 2. The molecule has 4 N–H and O–H groups in total. The molecule has 17 heteroatoms. The van der Waals surface area contributed by atoms with E-state index in [1.54, 1.807) is 18.2 Å². The van der Waals surface area contributed by atoms with Crippen molar-refractivity contribution in [3.05, 3.63) is 138 Å². The van der Waals surface area contributed by atoms with Gasteiger partial charge < -0.3 is 39.5 Å². The number of phenols is 2. The van der Waals surface area contributed by atoms with E-state index in [1.165, 1.54) is 55.6 Å². The van der Waals surface area contributed by atoms with E-state index in [1.807, 2.05) is 50.1 Å². The fourth-order valence-electron chi connectivity index (χ4n) is 6.29. The number of cyclic esters (lactones) is 1. The van der Waals surface area contributed by atoms with Gasteiger partial charge in [-0.25, -0.2) is 9.59 Å². The standard InChI is InChI=1S/C19H17N3O5.C11H13N3O2.C9H8O4.CH4/c1-21(2)9-14-16(12-4-3-5-15(22(25)26)17(12)20-14)18-13-8-10(23)6-7-11(13)19(24)27-18;1-13(2)7-9-6-8-4-3-5-10(14(15)16)11(8)12-9;1-13-9(12)8-3-2-7(11)4-6(8)5-10;/h3-8,18,20,23H,9H2,1-2H3;3-6,12H,7H2,1-2H3;2-5,11H,1H3;1H4. The number of carbonyl (C=O) groups excluding carboxylic acids is 3. The minimum Gasteiger partial charge on any atom is -0.508 e. The molecule has 0 saturated carbocycles. The molecule has 1 unspecified atom stereocenters. The predicted molar refractivity (Wildman–Crippen MR) is 212 cm³/mol. The molecular formula is C40H42N6O11. The first-order chi connectivity index (χ1) is 26.6. The number of methoxy groups -OCH3 is 1. The first-order valence-electron chi connectivity index (χ1n) is 16.9. The molecule has 4 aromatic carbocycles. The van der Waals surface area contributed by atoms with Crippen LogP contribution in [0.1, 0.15) is 67.1 Å². The number of hydrogen-bond acceptors (Lipinski definition) is 13. The number of H-pyrrole nitrogens is 2. The maximum atomic E-state index is 12.3. The van der Waals surface area contributed by atoms with Crippen LogP contribution in [-0.4, -0.2) is 93.4 Å². The summed E-state index contributed by atoms with van der Waals surface area (Å²) in [7, 11) is 8.90. The average molecular weight is 783 g/mol. The minimum atomic E-state index is -0.745. The number of aromatic amines is 2. The summed E-state index contributed by atoms with van der Waals surface area (Å²) in [5, 5.41) is 42.6. The van der Waals surface area contributed by atoms with Crippen LogP contribution >= 0.6 is 0 Å². The van der Waals surface area contributed by atoms with Gasteiger partial charge in [-0.15, -0.1) is 0 Å². The largest absolute Gasteiger partial charge is 0.508 e. The van der Waals surface area contributed by atoms with E-state index >= 15 is 0 Å². The Morgan fingerprint density at radius 3 is 2.09 bits per heavy atom. The van der Waals surface area contributed by atoms with Gasteiger partial charge in [-0.2, -0.15) is 0 Å². The van der Waals surface area contributed by atoms with E-state index in [4.69, 9.17) is 9.84 Å². The number of non-ortho nitro benzene ring substituents is 2. The number of para-hydroxylation sites is 2. The van der Waals surface area contributed by atoms with Crippen molar-refractivity contribution in [2.45, 2.75) is 26.6 Å². The Hall–Kier alpha value is -7.11. The smallest absolute Gasteiger partial charge is 0.339 e. The quantitative estimate of drug-likeness (QED) is 0.0508. The molecule has 6 aromatic rings. The maximum absolute atomic E-state index is 12.3. The molecule has 3 heterocycles.